The summed E-state index contributed by atoms with van der Waals surface area (Å²) in [5.41, 5.74) is 1.19. The lowest BCUT2D eigenvalue weighted by Crippen LogP contribution is -2.38. The third kappa shape index (κ3) is 4.98. The number of ether oxygens (including phenoxy) is 3. The molecule has 2 aromatic carbocycles. The van der Waals surface area contributed by atoms with Crippen molar-refractivity contribution in [2.24, 2.45) is 0 Å². The van der Waals surface area contributed by atoms with Crippen LogP contribution in [0.4, 0.5) is 0 Å². The molecule has 35 heavy (non-hydrogen) atoms. The van der Waals surface area contributed by atoms with E-state index in [9.17, 15) is 14.7 Å². The number of carbonyl (C=O) groups excluding carboxylic acids is 2. The quantitative estimate of drug-likeness (QED) is 0.333. The first-order valence-electron chi connectivity index (χ1n) is 12.1. The molecule has 1 fully saturated rings. The summed E-state index contributed by atoms with van der Waals surface area (Å²) in [5.74, 6) is 0.225. The predicted octanol–water partition coefficient (Wildman–Crippen LogP) is 3.62. The van der Waals surface area contributed by atoms with E-state index in [4.69, 9.17) is 14.2 Å². The molecule has 8 nitrogen and oxygen atoms in total. The van der Waals surface area contributed by atoms with Crippen molar-refractivity contribution in [2.75, 3.05) is 46.0 Å². The van der Waals surface area contributed by atoms with Crippen LogP contribution in [0.25, 0.3) is 5.76 Å². The second-order valence-electron chi connectivity index (χ2n) is 8.38. The Balaban J connectivity index is 1.77. The third-order valence-electron chi connectivity index (χ3n) is 6.41. The molecule has 0 radical (unpaired) electrons. The van der Waals surface area contributed by atoms with Crippen molar-refractivity contribution in [3.05, 3.63) is 59.2 Å². The van der Waals surface area contributed by atoms with E-state index in [1.54, 1.807) is 23.1 Å². The van der Waals surface area contributed by atoms with Crippen molar-refractivity contribution >= 4 is 17.4 Å². The molecule has 0 spiro atoms. The largest absolute Gasteiger partial charge is 0.507 e. The number of ketones is 1. The summed E-state index contributed by atoms with van der Waals surface area (Å²) in [6, 6.07) is 11.6. The van der Waals surface area contributed by atoms with E-state index in [2.05, 4.69) is 18.7 Å². The molecule has 4 rings (SSSR count). The third-order valence-corrected chi connectivity index (χ3v) is 6.41. The minimum absolute atomic E-state index is 0.0652. The van der Waals surface area contributed by atoms with Gasteiger partial charge in [-0.3, -0.25) is 9.59 Å². The number of aliphatic hydroxyl groups excluding tert-OH is 1. The van der Waals surface area contributed by atoms with Gasteiger partial charge in [-0.15, -0.1) is 0 Å². The van der Waals surface area contributed by atoms with Crippen molar-refractivity contribution in [3.63, 3.8) is 0 Å². The summed E-state index contributed by atoms with van der Waals surface area (Å²) in [6.45, 7) is 10.1. The van der Waals surface area contributed by atoms with Crippen molar-refractivity contribution in [1.82, 2.24) is 9.80 Å². The van der Waals surface area contributed by atoms with Crippen LogP contribution in [0.2, 0.25) is 0 Å². The van der Waals surface area contributed by atoms with Gasteiger partial charge in [-0.2, -0.15) is 0 Å². The van der Waals surface area contributed by atoms with E-state index in [0.29, 0.717) is 55.7 Å². The molecule has 1 amide bonds. The zero-order valence-corrected chi connectivity index (χ0v) is 20.5. The van der Waals surface area contributed by atoms with Crippen LogP contribution in [0, 0.1) is 0 Å². The molecule has 1 unspecified atom stereocenters. The summed E-state index contributed by atoms with van der Waals surface area (Å²) in [6.07, 6.45) is 0. The Labute approximate surface area is 205 Å². The van der Waals surface area contributed by atoms with Crippen LogP contribution in [-0.4, -0.2) is 72.6 Å². The molecular weight excluding hydrogens is 448 g/mol. The van der Waals surface area contributed by atoms with Gasteiger partial charge in [-0.25, -0.2) is 0 Å². The average molecular weight is 481 g/mol. The lowest BCUT2D eigenvalue weighted by atomic mass is 9.95. The maximum Gasteiger partial charge on any atom is 0.295 e. The summed E-state index contributed by atoms with van der Waals surface area (Å²) >= 11 is 0. The summed E-state index contributed by atoms with van der Waals surface area (Å²) in [5, 5.41) is 11.3. The number of likely N-dealkylation sites (N-methyl/N-ethyl adjacent to an activating group) is 1. The maximum absolute atomic E-state index is 13.3. The van der Waals surface area contributed by atoms with Gasteiger partial charge in [0.2, 0.25) is 0 Å². The number of amides is 1. The molecule has 2 heterocycles. The molecule has 2 aliphatic heterocycles. The van der Waals surface area contributed by atoms with Crippen molar-refractivity contribution in [1.29, 1.82) is 0 Å². The average Bonchev–Trinajstić information content (AvgIpc) is 3.14. The molecule has 2 aliphatic rings. The first-order chi connectivity index (χ1) is 17.0. The lowest BCUT2D eigenvalue weighted by Gasteiger charge is -2.28. The van der Waals surface area contributed by atoms with Crippen molar-refractivity contribution in [3.8, 4) is 17.2 Å². The van der Waals surface area contributed by atoms with E-state index in [1.165, 1.54) is 0 Å². The van der Waals surface area contributed by atoms with Crippen LogP contribution in [0.1, 0.15) is 37.9 Å². The topological polar surface area (TPSA) is 88.5 Å². The van der Waals surface area contributed by atoms with Gasteiger partial charge in [0.05, 0.1) is 18.2 Å². The van der Waals surface area contributed by atoms with Gasteiger partial charge in [0, 0.05) is 18.7 Å². The van der Waals surface area contributed by atoms with Crippen LogP contribution >= 0.6 is 0 Å². The monoisotopic (exact) mass is 480 g/mol. The van der Waals surface area contributed by atoms with Crippen LogP contribution < -0.4 is 14.2 Å². The summed E-state index contributed by atoms with van der Waals surface area (Å²) in [7, 11) is 0. The number of benzene rings is 2. The van der Waals surface area contributed by atoms with Gasteiger partial charge in [0.1, 0.15) is 24.7 Å². The highest BCUT2D eigenvalue weighted by Gasteiger charge is 2.46. The van der Waals surface area contributed by atoms with Crippen molar-refractivity contribution in [2.45, 2.75) is 26.8 Å². The molecule has 0 bridgehead atoms. The standard InChI is InChI=1S/C27H32N2O6/c1-4-28(5-2)13-14-29-24(18-7-10-20(11-8-18)33-6-3)23(26(31)27(29)32)25(30)19-9-12-21-22(17-19)35-16-15-34-21/h7-12,17,24,30H,4-6,13-16H2,1-3H3. The van der Waals surface area contributed by atoms with E-state index in [-0.39, 0.29) is 11.3 Å². The van der Waals surface area contributed by atoms with Gasteiger partial charge in [-0.05, 0) is 55.9 Å². The summed E-state index contributed by atoms with van der Waals surface area (Å²) in [4.78, 5) is 30.2. The van der Waals surface area contributed by atoms with Crippen molar-refractivity contribution < 1.29 is 28.9 Å². The fraction of sp³-hybridized carbons (Fsp3) is 0.407. The first-order valence-corrected chi connectivity index (χ1v) is 12.1. The molecule has 0 aliphatic carbocycles. The highest BCUT2D eigenvalue weighted by Crippen LogP contribution is 2.41. The smallest absolute Gasteiger partial charge is 0.295 e. The Kier molecular flexibility index (Phi) is 7.60. The van der Waals surface area contributed by atoms with E-state index < -0.39 is 17.7 Å². The van der Waals surface area contributed by atoms with E-state index in [0.717, 1.165) is 18.7 Å². The number of nitrogens with zero attached hydrogens (tertiary/aromatic N) is 2. The predicted molar refractivity (Wildman–Crippen MR) is 132 cm³/mol. The van der Waals surface area contributed by atoms with Gasteiger partial charge < -0.3 is 29.1 Å². The molecule has 1 N–H and O–H groups in total. The fourth-order valence-electron chi connectivity index (χ4n) is 4.51. The highest BCUT2D eigenvalue weighted by molar-refractivity contribution is 6.46. The fourth-order valence-corrected chi connectivity index (χ4v) is 4.51. The molecule has 186 valence electrons. The minimum Gasteiger partial charge on any atom is -0.507 e. The Morgan fingerprint density at radius 1 is 1.03 bits per heavy atom. The Hall–Kier alpha value is -3.52. The van der Waals surface area contributed by atoms with Crippen LogP contribution in [-0.2, 0) is 9.59 Å². The number of Topliss-reactive ketones (excluding diaryl/α,β-unsaturated/α-hetero) is 1. The number of rotatable bonds is 9. The lowest BCUT2D eigenvalue weighted by molar-refractivity contribution is -0.140. The number of hydrogen-bond donors (Lipinski definition) is 1. The summed E-state index contributed by atoms with van der Waals surface area (Å²) < 4.78 is 16.8. The zero-order valence-electron chi connectivity index (χ0n) is 20.5. The van der Waals surface area contributed by atoms with Gasteiger partial charge in [0.25, 0.3) is 11.7 Å². The number of fused-ring (bicyclic) bond motifs is 1. The van der Waals surface area contributed by atoms with E-state index >= 15 is 0 Å². The first kappa shape index (κ1) is 24.6. The van der Waals surface area contributed by atoms with Gasteiger partial charge in [0.15, 0.2) is 11.5 Å². The zero-order chi connectivity index (χ0) is 24.9. The molecule has 1 saturated heterocycles. The number of aliphatic hydroxyl groups is 1. The Morgan fingerprint density at radius 2 is 1.71 bits per heavy atom. The Bertz CT molecular complexity index is 1110. The molecule has 0 saturated carbocycles. The van der Waals surface area contributed by atoms with Gasteiger partial charge in [-0.1, -0.05) is 26.0 Å². The van der Waals surface area contributed by atoms with Gasteiger partial charge >= 0.3 is 0 Å². The molecular formula is C27H32N2O6. The minimum atomic E-state index is -0.713. The maximum atomic E-state index is 13.3. The normalized spacial score (nSPS) is 18.9. The SMILES string of the molecule is CCOc1ccc(C2C(=C(O)c3ccc4c(c3)OCCO4)C(=O)C(=O)N2CCN(CC)CC)cc1. The van der Waals surface area contributed by atoms with Crippen LogP contribution in [0.15, 0.2) is 48.0 Å². The second kappa shape index (κ2) is 10.8. The Morgan fingerprint density at radius 3 is 2.37 bits per heavy atom. The molecule has 8 heteroatoms. The number of carbonyl (C=O) groups is 2. The molecule has 1 atom stereocenters. The molecule has 2 aromatic rings. The highest BCUT2D eigenvalue weighted by atomic mass is 16.6. The second-order valence-corrected chi connectivity index (χ2v) is 8.38. The van der Waals surface area contributed by atoms with E-state index in [1.807, 2.05) is 31.2 Å². The number of likely N-dealkylation sites (tertiary alicyclic amines) is 1. The van der Waals surface area contributed by atoms with Crippen LogP contribution in [0.3, 0.4) is 0 Å². The van der Waals surface area contributed by atoms with Crippen LogP contribution in [0.5, 0.6) is 17.2 Å². The molecule has 0 aromatic heterocycles. The number of hydrogen-bond acceptors (Lipinski definition) is 7.